The SMILES string of the molecule is Clc1cc2c(Nc3nccs3)[nH]nc2s1. The van der Waals surface area contributed by atoms with Gasteiger partial charge in [-0.3, -0.25) is 5.10 Å². The zero-order chi connectivity index (χ0) is 10.3. The van der Waals surface area contributed by atoms with Gasteiger partial charge in [-0.25, -0.2) is 4.98 Å². The number of thiophene rings is 1. The molecule has 0 aliphatic rings. The third-order valence-electron chi connectivity index (χ3n) is 1.89. The van der Waals surface area contributed by atoms with E-state index in [1.54, 1.807) is 6.20 Å². The summed E-state index contributed by atoms with van der Waals surface area (Å²) >= 11 is 8.89. The van der Waals surface area contributed by atoms with Crippen LogP contribution in [-0.2, 0) is 0 Å². The van der Waals surface area contributed by atoms with Crippen molar-refractivity contribution in [1.82, 2.24) is 15.2 Å². The van der Waals surface area contributed by atoms with Crippen molar-refractivity contribution in [2.45, 2.75) is 0 Å². The van der Waals surface area contributed by atoms with Crippen molar-refractivity contribution in [3.63, 3.8) is 0 Å². The van der Waals surface area contributed by atoms with Gasteiger partial charge in [-0.2, -0.15) is 5.10 Å². The minimum atomic E-state index is 0.740. The fourth-order valence-electron chi connectivity index (χ4n) is 1.27. The summed E-state index contributed by atoms with van der Waals surface area (Å²) in [4.78, 5) is 5.04. The van der Waals surface area contributed by atoms with Gasteiger partial charge in [0.05, 0.1) is 9.72 Å². The summed E-state index contributed by atoms with van der Waals surface area (Å²) in [6, 6.07) is 1.89. The van der Waals surface area contributed by atoms with Gasteiger partial charge < -0.3 is 5.32 Å². The molecule has 0 spiro atoms. The molecule has 0 saturated carbocycles. The molecule has 0 radical (unpaired) electrons. The Morgan fingerprint density at radius 1 is 1.47 bits per heavy atom. The number of hydrogen-bond donors (Lipinski definition) is 2. The highest BCUT2D eigenvalue weighted by molar-refractivity contribution is 7.22. The van der Waals surface area contributed by atoms with Crippen molar-refractivity contribution in [3.8, 4) is 0 Å². The molecule has 0 aliphatic heterocycles. The van der Waals surface area contributed by atoms with Crippen molar-refractivity contribution < 1.29 is 0 Å². The molecule has 3 aromatic rings. The van der Waals surface area contributed by atoms with E-state index in [-0.39, 0.29) is 0 Å². The average molecular weight is 257 g/mol. The van der Waals surface area contributed by atoms with Crippen LogP contribution >= 0.6 is 34.3 Å². The van der Waals surface area contributed by atoms with E-state index in [2.05, 4.69) is 20.5 Å². The van der Waals surface area contributed by atoms with Crippen molar-refractivity contribution in [1.29, 1.82) is 0 Å². The number of aromatic amines is 1. The van der Waals surface area contributed by atoms with E-state index in [0.29, 0.717) is 0 Å². The van der Waals surface area contributed by atoms with Crippen LogP contribution < -0.4 is 5.32 Å². The lowest BCUT2D eigenvalue weighted by molar-refractivity contribution is 1.12. The summed E-state index contributed by atoms with van der Waals surface area (Å²) < 4.78 is 0.740. The number of H-pyrrole nitrogens is 1. The number of anilines is 2. The molecule has 7 heteroatoms. The van der Waals surface area contributed by atoms with E-state index in [1.165, 1.54) is 22.7 Å². The summed E-state index contributed by atoms with van der Waals surface area (Å²) in [5.74, 6) is 0.836. The van der Waals surface area contributed by atoms with Gasteiger partial charge in [0.25, 0.3) is 0 Å². The largest absolute Gasteiger partial charge is 0.316 e. The highest BCUT2D eigenvalue weighted by Gasteiger charge is 2.09. The molecule has 0 aliphatic carbocycles. The summed E-state index contributed by atoms with van der Waals surface area (Å²) in [5, 5.41) is 14.0. The maximum Gasteiger partial charge on any atom is 0.188 e. The average Bonchev–Trinajstić information content (AvgIpc) is 2.85. The van der Waals surface area contributed by atoms with Gasteiger partial charge in [0.1, 0.15) is 10.6 Å². The van der Waals surface area contributed by atoms with Crippen LogP contribution in [0.5, 0.6) is 0 Å². The van der Waals surface area contributed by atoms with E-state index in [4.69, 9.17) is 11.6 Å². The molecule has 3 rings (SSSR count). The molecular weight excluding hydrogens is 252 g/mol. The first kappa shape index (κ1) is 9.14. The number of fused-ring (bicyclic) bond motifs is 1. The zero-order valence-corrected chi connectivity index (χ0v) is 9.71. The quantitative estimate of drug-likeness (QED) is 0.738. The highest BCUT2D eigenvalue weighted by atomic mass is 35.5. The second-order valence-corrected chi connectivity index (χ2v) is 5.39. The van der Waals surface area contributed by atoms with Gasteiger partial charge >= 0.3 is 0 Å². The normalized spacial score (nSPS) is 11.0. The molecular formula is C8H5ClN4S2. The minimum Gasteiger partial charge on any atom is -0.316 e. The van der Waals surface area contributed by atoms with Crippen molar-refractivity contribution >= 4 is 55.4 Å². The monoisotopic (exact) mass is 256 g/mol. The maximum absolute atomic E-state index is 5.90. The van der Waals surface area contributed by atoms with Crippen LogP contribution in [-0.4, -0.2) is 15.2 Å². The number of nitrogens with zero attached hydrogens (tertiary/aromatic N) is 2. The number of halogens is 1. The Morgan fingerprint density at radius 3 is 3.20 bits per heavy atom. The summed E-state index contributed by atoms with van der Waals surface area (Å²) in [6.07, 6.45) is 1.75. The Morgan fingerprint density at radius 2 is 2.40 bits per heavy atom. The number of nitrogens with one attached hydrogen (secondary N) is 2. The van der Waals surface area contributed by atoms with Crippen LogP contribution in [0.1, 0.15) is 0 Å². The maximum atomic E-state index is 5.90. The van der Waals surface area contributed by atoms with Crippen LogP contribution in [0.2, 0.25) is 4.34 Å². The zero-order valence-electron chi connectivity index (χ0n) is 7.32. The molecule has 15 heavy (non-hydrogen) atoms. The first-order valence-electron chi connectivity index (χ1n) is 4.13. The minimum absolute atomic E-state index is 0.740. The van der Waals surface area contributed by atoms with E-state index in [0.717, 1.165) is 25.5 Å². The fourth-order valence-corrected chi connectivity index (χ4v) is 2.85. The second kappa shape index (κ2) is 3.48. The molecule has 0 fully saturated rings. The number of aromatic nitrogens is 3. The summed E-state index contributed by atoms with van der Waals surface area (Å²) in [5.41, 5.74) is 0. The summed E-state index contributed by atoms with van der Waals surface area (Å²) in [7, 11) is 0. The van der Waals surface area contributed by atoms with Gasteiger partial charge in [-0.1, -0.05) is 11.6 Å². The molecule has 4 nitrogen and oxygen atoms in total. The van der Waals surface area contributed by atoms with E-state index in [9.17, 15) is 0 Å². The van der Waals surface area contributed by atoms with Crippen LogP contribution in [0.4, 0.5) is 10.9 Å². The Hall–Kier alpha value is -1.11. The number of hydrogen-bond acceptors (Lipinski definition) is 5. The van der Waals surface area contributed by atoms with Gasteiger partial charge in [0.2, 0.25) is 0 Å². The molecule has 0 unspecified atom stereocenters. The third-order valence-corrected chi connectivity index (χ3v) is 3.73. The second-order valence-electron chi connectivity index (χ2n) is 2.83. The highest BCUT2D eigenvalue weighted by Crippen LogP contribution is 2.33. The van der Waals surface area contributed by atoms with Gasteiger partial charge in [0, 0.05) is 11.6 Å². The van der Waals surface area contributed by atoms with Crippen LogP contribution in [0, 0.1) is 0 Å². The van der Waals surface area contributed by atoms with E-state index in [1.807, 2.05) is 11.4 Å². The summed E-state index contributed by atoms with van der Waals surface area (Å²) in [6.45, 7) is 0. The van der Waals surface area contributed by atoms with Crippen molar-refractivity contribution in [2.75, 3.05) is 5.32 Å². The Kier molecular flexibility index (Phi) is 2.12. The molecule has 0 bridgehead atoms. The molecule has 0 aromatic carbocycles. The Labute approximate surface area is 97.9 Å². The molecule has 76 valence electrons. The molecule has 2 N–H and O–H groups in total. The topological polar surface area (TPSA) is 53.6 Å². The molecule has 0 amide bonds. The van der Waals surface area contributed by atoms with Gasteiger partial charge in [-0.15, -0.1) is 22.7 Å². The van der Waals surface area contributed by atoms with Crippen LogP contribution in [0.25, 0.3) is 10.2 Å². The van der Waals surface area contributed by atoms with Crippen molar-refractivity contribution in [3.05, 3.63) is 22.0 Å². The lowest BCUT2D eigenvalue weighted by Gasteiger charge is -1.96. The first-order chi connectivity index (χ1) is 7.33. The lowest BCUT2D eigenvalue weighted by atomic mass is 10.4. The Bertz CT molecular complexity index is 583. The van der Waals surface area contributed by atoms with E-state index >= 15 is 0 Å². The van der Waals surface area contributed by atoms with Crippen molar-refractivity contribution in [2.24, 2.45) is 0 Å². The lowest BCUT2D eigenvalue weighted by Crippen LogP contribution is -1.89. The predicted octanol–water partition coefficient (Wildman–Crippen LogP) is 3.48. The molecule has 3 heterocycles. The third kappa shape index (κ3) is 1.60. The molecule has 0 saturated heterocycles. The number of rotatable bonds is 2. The molecule has 0 atom stereocenters. The van der Waals surface area contributed by atoms with Gasteiger partial charge in [0.15, 0.2) is 5.13 Å². The van der Waals surface area contributed by atoms with Crippen LogP contribution in [0.3, 0.4) is 0 Å². The Balaban J connectivity index is 2.03. The van der Waals surface area contributed by atoms with Crippen LogP contribution in [0.15, 0.2) is 17.6 Å². The first-order valence-corrected chi connectivity index (χ1v) is 6.20. The molecule has 3 aromatic heterocycles. The number of thiazole rings is 1. The standard InChI is InChI=1S/C8H5ClN4S2/c9-5-3-4-6(12-13-7(4)15-5)11-8-10-1-2-14-8/h1-3H,(H2,10,11,12,13). The van der Waals surface area contributed by atoms with Gasteiger partial charge in [-0.05, 0) is 6.07 Å². The smallest absolute Gasteiger partial charge is 0.188 e. The van der Waals surface area contributed by atoms with E-state index < -0.39 is 0 Å². The predicted molar refractivity (Wildman–Crippen MR) is 64.4 cm³/mol. The fraction of sp³-hybridized carbons (Fsp3) is 0.